The Labute approximate surface area is 130 Å². The molecule has 2 aromatic rings. The number of amides is 1. The summed E-state index contributed by atoms with van der Waals surface area (Å²) < 4.78 is 1.08. The summed E-state index contributed by atoms with van der Waals surface area (Å²) in [6, 6.07) is 4.42. The van der Waals surface area contributed by atoms with Gasteiger partial charge in [-0.3, -0.25) is 19.0 Å². The highest BCUT2D eigenvalue weighted by molar-refractivity contribution is 5.97. The number of nitrogens with zero attached hydrogens (tertiary/aromatic N) is 1. The molecule has 0 atom stereocenters. The summed E-state index contributed by atoms with van der Waals surface area (Å²) in [5, 5.41) is 11.5. The van der Waals surface area contributed by atoms with E-state index >= 15 is 0 Å². The molecule has 0 aliphatic rings. The average molecular weight is 319 g/mol. The van der Waals surface area contributed by atoms with E-state index in [9.17, 15) is 19.2 Å². The fourth-order valence-electron chi connectivity index (χ4n) is 2.23. The van der Waals surface area contributed by atoms with Crippen LogP contribution in [0.3, 0.4) is 0 Å². The first-order chi connectivity index (χ1) is 10.9. The van der Waals surface area contributed by atoms with Gasteiger partial charge in [0.05, 0.1) is 10.9 Å². The van der Waals surface area contributed by atoms with E-state index in [-0.39, 0.29) is 25.1 Å². The van der Waals surface area contributed by atoms with Crippen LogP contribution < -0.4 is 16.6 Å². The number of carboxylic acid groups (broad SMARTS) is 1. The Kier molecular flexibility index (Phi) is 4.95. The summed E-state index contributed by atoms with van der Waals surface area (Å²) in [5.41, 5.74) is -0.344. The Morgan fingerprint density at radius 1 is 1.30 bits per heavy atom. The van der Waals surface area contributed by atoms with Crippen LogP contribution in [0.15, 0.2) is 27.8 Å². The lowest BCUT2D eigenvalue weighted by molar-refractivity contribution is -0.137. The Balaban J connectivity index is 2.23. The number of rotatable bonds is 6. The predicted octanol–water partition coefficient (Wildman–Crippen LogP) is 0.304. The lowest BCUT2D eigenvalue weighted by atomic mass is 10.1. The second-order valence-corrected chi connectivity index (χ2v) is 4.99. The number of nitrogens with one attached hydrogen (secondary N) is 2. The Morgan fingerprint density at radius 2 is 2.04 bits per heavy atom. The molecule has 0 fully saturated rings. The van der Waals surface area contributed by atoms with Gasteiger partial charge >= 0.3 is 11.7 Å². The lowest BCUT2D eigenvalue weighted by Gasteiger charge is -2.07. The number of aromatic amines is 1. The second-order valence-electron chi connectivity index (χ2n) is 4.99. The van der Waals surface area contributed by atoms with Gasteiger partial charge in [0.2, 0.25) is 0 Å². The summed E-state index contributed by atoms with van der Waals surface area (Å²) in [5.74, 6) is -1.31. The first-order valence-corrected chi connectivity index (χ1v) is 7.21. The molecule has 0 aliphatic heterocycles. The van der Waals surface area contributed by atoms with E-state index in [0.29, 0.717) is 17.3 Å². The van der Waals surface area contributed by atoms with Gasteiger partial charge in [0.25, 0.3) is 11.5 Å². The van der Waals surface area contributed by atoms with Crippen LogP contribution in [0.4, 0.5) is 0 Å². The number of fused-ring (bicyclic) bond motifs is 1. The molecule has 0 spiro atoms. The van der Waals surface area contributed by atoms with Crippen molar-refractivity contribution in [3.63, 3.8) is 0 Å². The van der Waals surface area contributed by atoms with Crippen molar-refractivity contribution in [2.45, 2.75) is 26.3 Å². The predicted molar refractivity (Wildman–Crippen MR) is 83.7 cm³/mol. The molecule has 1 aromatic carbocycles. The lowest BCUT2D eigenvalue weighted by Crippen LogP contribution is -2.34. The van der Waals surface area contributed by atoms with Crippen LogP contribution in [-0.4, -0.2) is 33.1 Å². The molecule has 0 aliphatic carbocycles. The average Bonchev–Trinajstić information content (AvgIpc) is 2.51. The van der Waals surface area contributed by atoms with Gasteiger partial charge in [-0.1, -0.05) is 0 Å². The minimum Gasteiger partial charge on any atom is -0.481 e. The van der Waals surface area contributed by atoms with Crippen molar-refractivity contribution in [2.75, 3.05) is 6.54 Å². The van der Waals surface area contributed by atoms with E-state index in [2.05, 4.69) is 10.3 Å². The number of hydrogen-bond acceptors (Lipinski definition) is 4. The van der Waals surface area contributed by atoms with Crippen molar-refractivity contribution >= 4 is 22.8 Å². The zero-order valence-electron chi connectivity index (χ0n) is 12.6. The van der Waals surface area contributed by atoms with Crippen molar-refractivity contribution in [3.05, 3.63) is 44.6 Å². The zero-order valence-corrected chi connectivity index (χ0v) is 12.6. The van der Waals surface area contributed by atoms with Crippen molar-refractivity contribution in [1.29, 1.82) is 0 Å². The highest BCUT2D eigenvalue weighted by Gasteiger charge is 2.10. The van der Waals surface area contributed by atoms with Gasteiger partial charge in [-0.15, -0.1) is 0 Å². The topological polar surface area (TPSA) is 121 Å². The molecule has 1 aromatic heterocycles. The Bertz CT molecular complexity index is 866. The zero-order chi connectivity index (χ0) is 17.0. The minimum atomic E-state index is -0.922. The fraction of sp³-hybridized carbons (Fsp3) is 0.333. The third-order valence-electron chi connectivity index (χ3n) is 3.41. The van der Waals surface area contributed by atoms with Crippen LogP contribution in [0.2, 0.25) is 0 Å². The molecule has 3 N–H and O–H groups in total. The third kappa shape index (κ3) is 3.65. The quantitative estimate of drug-likeness (QED) is 0.661. The highest BCUT2D eigenvalue weighted by Crippen LogP contribution is 2.09. The highest BCUT2D eigenvalue weighted by atomic mass is 16.4. The molecule has 0 radical (unpaired) electrons. The Hall–Kier alpha value is -2.90. The number of carbonyl (C=O) groups excluding carboxylic acids is 1. The molecular formula is C15H17N3O5. The smallest absolute Gasteiger partial charge is 0.328 e. The summed E-state index contributed by atoms with van der Waals surface area (Å²) in [6.07, 6.45) is 0.300. The number of carbonyl (C=O) groups is 2. The van der Waals surface area contributed by atoms with Gasteiger partial charge in [0.15, 0.2) is 0 Å². The third-order valence-corrected chi connectivity index (χ3v) is 3.41. The van der Waals surface area contributed by atoms with Crippen LogP contribution in [-0.2, 0) is 11.3 Å². The molecule has 2 rings (SSSR count). The van der Waals surface area contributed by atoms with Crippen LogP contribution in [0.5, 0.6) is 0 Å². The summed E-state index contributed by atoms with van der Waals surface area (Å²) in [6.45, 7) is 2.19. The molecule has 0 bridgehead atoms. The van der Waals surface area contributed by atoms with E-state index in [4.69, 9.17) is 5.11 Å². The number of aliphatic carboxylic acids is 1. The first kappa shape index (κ1) is 16.5. The molecule has 23 heavy (non-hydrogen) atoms. The van der Waals surface area contributed by atoms with Crippen molar-refractivity contribution in [1.82, 2.24) is 14.9 Å². The number of hydrogen-bond donors (Lipinski definition) is 3. The van der Waals surface area contributed by atoms with Gasteiger partial charge in [-0.2, -0.15) is 0 Å². The monoisotopic (exact) mass is 319 g/mol. The molecular weight excluding hydrogens is 302 g/mol. The molecule has 122 valence electrons. The number of benzene rings is 1. The Morgan fingerprint density at radius 3 is 2.70 bits per heavy atom. The van der Waals surface area contributed by atoms with Gasteiger partial charge < -0.3 is 15.4 Å². The molecule has 8 nitrogen and oxygen atoms in total. The first-order valence-electron chi connectivity index (χ1n) is 7.21. The van der Waals surface area contributed by atoms with E-state index in [1.165, 1.54) is 18.2 Å². The molecule has 0 saturated heterocycles. The largest absolute Gasteiger partial charge is 0.481 e. The summed E-state index contributed by atoms with van der Waals surface area (Å²) >= 11 is 0. The van der Waals surface area contributed by atoms with Gasteiger partial charge in [0, 0.05) is 25.1 Å². The summed E-state index contributed by atoms with van der Waals surface area (Å²) in [4.78, 5) is 48.9. The maximum atomic E-state index is 12.1. The van der Waals surface area contributed by atoms with E-state index < -0.39 is 23.1 Å². The maximum Gasteiger partial charge on any atom is 0.328 e. The van der Waals surface area contributed by atoms with Crippen molar-refractivity contribution < 1.29 is 14.7 Å². The van der Waals surface area contributed by atoms with Gasteiger partial charge in [-0.25, -0.2) is 4.79 Å². The fourth-order valence-corrected chi connectivity index (χ4v) is 2.23. The van der Waals surface area contributed by atoms with Crippen LogP contribution in [0, 0.1) is 0 Å². The van der Waals surface area contributed by atoms with Gasteiger partial charge in [-0.05, 0) is 31.5 Å². The molecule has 0 saturated carbocycles. The molecule has 8 heteroatoms. The SMILES string of the molecule is CCn1c(=O)[nH]c2cc(C(=O)NCCCC(=O)O)ccc2c1=O. The maximum absolute atomic E-state index is 12.1. The molecule has 0 unspecified atom stereocenters. The van der Waals surface area contributed by atoms with E-state index in [1.54, 1.807) is 6.92 Å². The van der Waals surface area contributed by atoms with Gasteiger partial charge in [0.1, 0.15) is 0 Å². The van der Waals surface area contributed by atoms with Crippen molar-refractivity contribution in [2.24, 2.45) is 0 Å². The van der Waals surface area contributed by atoms with E-state index in [1.807, 2.05) is 0 Å². The standard InChI is InChI=1S/C15H17N3O5/c1-2-18-14(22)10-6-5-9(8-11(10)17-15(18)23)13(21)16-7-3-4-12(19)20/h5-6,8H,2-4,7H2,1H3,(H,16,21)(H,17,23)(H,19,20). The second kappa shape index (κ2) is 6.91. The minimum absolute atomic E-state index is 0.0259. The molecule has 1 amide bonds. The normalized spacial score (nSPS) is 10.7. The summed E-state index contributed by atoms with van der Waals surface area (Å²) in [7, 11) is 0. The van der Waals surface area contributed by atoms with Crippen LogP contribution >= 0.6 is 0 Å². The van der Waals surface area contributed by atoms with E-state index in [0.717, 1.165) is 4.57 Å². The number of H-pyrrole nitrogens is 1. The van der Waals surface area contributed by atoms with Crippen molar-refractivity contribution in [3.8, 4) is 0 Å². The van der Waals surface area contributed by atoms with Crippen LogP contribution in [0.1, 0.15) is 30.1 Å². The molecule has 1 heterocycles. The number of carboxylic acids is 1. The van der Waals surface area contributed by atoms with Crippen LogP contribution in [0.25, 0.3) is 10.9 Å². The number of aromatic nitrogens is 2.